The van der Waals surface area contributed by atoms with Crippen LogP contribution in [0.1, 0.15) is 30.0 Å². The van der Waals surface area contributed by atoms with E-state index in [1.807, 2.05) is 0 Å². The van der Waals surface area contributed by atoms with Crippen LogP contribution in [0.4, 0.5) is 0 Å². The Morgan fingerprint density at radius 1 is 0.879 bits per heavy atom. The van der Waals surface area contributed by atoms with Crippen molar-refractivity contribution < 1.29 is 4.79 Å². The molecule has 0 spiro atoms. The molecule has 2 aliphatic rings. The van der Waals surface area contributed by atoms with Crippen LogP contribution in [0.5, 0.6) is 0 Å². The normalized spacial score (nSPS) is 18.2. The second kappa shape index (κ2) is 11.0. The molecule has 2 heterocycles. The molecule has 0 saturated carbocycles. The summed E-state index contributed by atoms with van der Waals surface area (Å²) in [5, 5.41) is 0. The maximum atomic E-state index is 13.0. The lowest BCUT2D eigenvalue weighted by Gasteiger charge is -2.40. The molecule has 0 aromatic heterocycles. The third-order valence-electron chi connectivity index (χ3n) is 7.21. The lowest BCUT2D eigenvalue weighted by molar-refractivity contribution is -0.138. The van der Waals surface area contributed by atoms with E-state index < -0.39 is 0 Å². The molecule has 2 aliphatic heterocycles. The number of nitrogens with zero attached hydrogens (tertiary/aromatic N) is 4. The van der Waals surface area contributed by atoms with Gasteiger partial charge in [0, 0.05) is 44.3 Å². The van der Waals surface area contributed by atoms with E-state index in [0.717, 1.165) is 64.4 Å². The molecule has 5 nitrogen and oxygen atoms in total. The lowest BCUT2D eigenvalue weighted by atomic mass is 9.95. The molecular formula is C28H38N4O. The second-order valence-corrected chi connectivity index (χ2v) is 9.60. The predicted molar refractivity (Wildman–Crippen MR) is 135 cm³/mol. The van der Waals surface area contributed by atoms with Gasteiger partial charge in [-0.15, -0.1) is 0 Å². The number of likely N-dealkylation sites (tertiary alicyclic amines) is 1. The van der Waals surface area contributed by atoms with Gasteiger partial charge in [0.15, 0.2) is 0 Å². The molecule has 2 aromatic carbocycles. The summed E-state index contributed by atoms with van der Waals surface area (Å²) in [6.07, 6.45) is 1.99. The third kappa shape index (κ3) is 5.84. The van der Waals surface area contributed by atoms with Gasteiger partial charge in [0.2, 0.25) is 5.91 Å². The van der Waals surface area contributed by atoms with Gasteiger partial charge in [0.25, 0.3) is 0 Å². The van der Waals surface area contributed by atoms with E-state index in [-0.39, 0.29) is 12.0 Å². The van der Waals surface area contributed by atoms with Crippen LogP contribution in [0.2, 0.25) is 0 Å². The fourth-order valence-electron chi connectivity index (χ4n) is 5.21. The summed E-state index contributed by atoms with van der Waals surface area (Å²) in [4.78, 5) is 22.1. The molecule has 0 aliphatic carbocycles. The van der Waals surface area contributed by atoms with Crippen molar-refractivity contribution in [3.05, 3.63) is 84.1 Å². The van der Waals surface area contributed by atoms with Gasteiger partial charge in [-0.1, -0.05) is 67.2 Å². The minimum Gasteiger partial charge on any atom is -0.371 e. The Bertz CT molecular complexity index is 861. The first-order valence-corrected chi connectivity index (χ1v) is 12.2. The predicted octanol–water partition coefficient (Wildman–Crippen LogP) is 3.71. The molecular weight excluding hydrogens is 408 g/mol. The Kier molecular flexibility index (Phi) is 7.84. The Hall–Kier alpha value is -2.63. The molecule has 2 saturated heterocycles. The molecule has 33 heavy (non-hydrogen) atoms. The van der Waals surface area contributed by atoms with Gasteiger partial charge in [0.05, 0.1) is 6.04 Å². The average Bonchev–Trinajstić information content (AvgIpc) is 2.85. The number of amides is 1. The van der Waals surface area contributed by atoms with Crippen LogP contribution in [-0.2, 0) is 4.79 Å². The fourth-order valence-corrected chi connectivity index (χ4v) is 5.21. The largest absolute Gasteiger partial charge is 0.371 e. The molecule has 0 bridgehead atoms. The molecule has 0 radical (unpaired) electrons. The summed E-state index contributed by atoms with van der Waals surface area (Å²) in [7, 11) is 4.32. The van der Waals surface area contributed by atoms with E-state index in [9.17, 15) is 4.79 Å². The zero-order chi connectivity index (χ0) is 23.2. The van der Waals surface area contributed by atoms with Crippen molar-refractivity contribution in [2.75, 3.05) is 59.9 Å². The summed E-state index contributed by atoms with van der Waals surface area (Å²) in [6, 6.07) is 21.5. The Morgan fingerprint density at radius 2 is 1.36 bits per heavy atom. The number of hydrogen-bond donors (Lipinski definition) is 0. The Balaban J connectivity index is 1.34. The van der Waals surface area contributed by atoms with Crippen LogP contribution in [-0.4, -0.2) is 85.4 Å². The minimum absolute atomic E-state index is 0.177. The molecule has 2 aromatic rings. The molecule has 0 N–H and O–H groups in total. The molecule has 2 fully saturated rings. The summed E-state index contributed by atoms with van der Waals surface area (Å²) in [5.74, 6) is 0.568. The first kappa shape index (κ1) is 23.5. The Labute approximate surface area is 199 Å². The number of carbonyl (C=O) groups excluding carboxylic acids is 1. The van der Waals surface area contributed by atoms with Crippen LogP contribution in [0.15, 0.2) is 72.9 Å². The number of piperazine rings is 1. The molecule has 0 unspecified atom stereocenters. The van der Waals surface area contributed by atoms with E-state index in [1.54, 1.807) is 0 Å². The van der Waals surface area contributed by atoms with Crippen molar-refractivity contribution in [3.63, 3.8) is 0 Å². The van der Waals surface area contributed by atoms with E-state index in [0.29, 0.717) is 5.91 Å². The van der Waals surface area contributed by atoms with Gasteiger partial charge in [-0.25, -0.2) is 0 Å². The number of carbonyl (C=O) groups is 1. The van der Waals surface area contributed by atoms with Gasteiger partial charge in [0.1, 0.15) is 0 Å². The molecule has 1 amide bonds. The molecule has 5 heteroatoms. The highest BCUT2D eigenvalue weighted by Crippen LogP contribution is 2.28. The van der Waals surface area contributed by atoms with E-state index in [2.05, 4.69) is 101 Å². The van der Waals surface area contributed by atoms with Crippen molar-refractivity contribution in [3.8, 4) is 0 Å². The van der Waals surface area contributed by atoms with E-state index in [1.165, 1.54) is 11.1 Å². The SMILES string of the molecule is C=C(CN(C)C(c1ccccc1)c1ccccc1)N1CCN(C(=O)C2CCN(C)CC2)CC1. The number of benzene rings is 2. The minimum atomic E-state index is 0.177. The molecule has 4 rings (SSSR count). The standard InChI is InChI=1S/C28H38N4O/c1-23(31-18-20-32(21-19-31)28(33)26-14-16-29(2)17-15-26)22-30(3)27(24-10-6-4-7-11-24)25-12-8-5-9-13-25/h4-13,26-27H,1,14-22H2,2-3H3. The lowest BCUT2D eigenvalue weighted by Crippen LogP contribution is -2.51. The average molecular weight is 447 g/mol. The maximum Gasteiger partial charge on any atom is 0.225 e. The van der Waals surface area contributed by atoms with Crippen molar-refractivity contribution >= 4 is 5.91 Å². The van der Waals surface area contributed by atoms with Crippen molar-refractivity contribution in [2.24, 2.45) is 5.92 Å². The van der Waals surface area contributed by atoms with Gasteiger partial charge in [-0.3, -0.25) is 9.69 Å². The summed E-state index contributed by atoms with van der Waals surface area (Å²) < 4.78 is 0. The maximum absolute atomic E-state index is 13.0. The Morgan fingerprint density at radius 3 is 1.88 bits per heavy atom. The monoisotopic (exact) mass is 446 g/mol. The summed E-state index contributed by atoms with van der Waals surface area (Å²) in [5.41, 5.74) is 3.70. The van der Waals surface area contributed by atoms with Crippen molar-refractivity contribution in [2.45, 2.75) is 18.9 Å². The fraction of sp³-hybridized carbons (Fsp3) is 0.464. The van der Waals surface area contributed by atoms with Crippen molar-refractivity contribution in [1.29, 1.82) is 0 Å². The number of rotatable bonds is 7. The van der Waals surface area contributed by atoms with Crippen LogP contribution in [0, 0.1) is 5.92 Å². The smallest absolute Gasteiger partial charge is 0.225 e. The quantitative estimate of drug-likeness (QED) is 0.649. The zero-order valence-corrected chi connectivity index (χ0v) is 20.2. The highest BCUT2D eigenvalue weighted by Gasteiger charge is 2.30. The molecule has 0 atom stereocenters. The van der Waals surface area contributed by atoms with E-state index >= 15 is 0 Å². The van der Waals surface area contributed by atoms with Crippen LogP contribution in [0.25, 0.3) is 0 Å². The first-order chi connectivity index (χ1) is 16.0. The summed E-state index contributed by atoms with van der Waals surface area (Å²) in [6.45, 7) is 10.6. The first-order valence-electron chi connectivity index (χ1n) is 12.2. The second-order valence-electron chi connectivity index (χ2n) is 9.60. The van der Waals surface area contributed by atoms with Crippen molar-refractivity contribution in [1.82, 2.24) is 19.6 Å². The molecule has 176 valence electrons. The van der Waals surface area contributed by atoms with Gasteiger partial charge < -0.3 is 14.7 Å². The highest BCUT2D eigenvalue weighted by atomic mass is 16.2. The number of likely N-dealkylation sites (N-methyl/N-ethyl adjacent to an activating group) is 1. The van der Waals surface area contributed by atoms with Crippen LogP contribution < -0.4 is 0 Å². The zero-order valence-electron chi connectivity index (χ0n) is 20.2. The van der Waals surface area contributed by atoms with Gasteiger partial charge in [-0.2, -0.15) is 0 Å². The number of piperidine rings is 1. The third-order valence-corrected chi connectivity index (χ3v) is 7.21. The van der Waals surface area contributed by atoms with Crippen LogP contribution in [0.3, 0.4) is 0 Å². The number of hydrogen-bond acceptors (Lipinski definition) is 4. The summed E-state index contributed by atoms with van der Waals surface area (Å²) >= 11 is 0. The van der Waals surface area contributed by atoms with Crippen LogP contribution >= 0.6 is 0 Å². The highest BCUT2D eigenvalue weighted by molar-refractivity contribution is 5.79. The van der Waals surface area contributed by atoms with Gasteiger partial charge >= 0.3 is 0 Å². The van der Waals surface area contributed by atoms with Gasteiger partial charge in [-0.05, 0) is 51.2 Å². The van der Waals surface area contributed by atoms with E-state index in [4.69, 9.17) is 0 Å². The topological polar surface area (TPSA) is 30.0 Å².